The van der Waals surface area contributed by atoms with Crippen molar-refractivity contribution in [2.75, 3.05) is 13.4 Å². The summed E-state index contributed by atoms with van der Waals surface area (Å²) < 4.78 is 81.4. The summed E-state index contributed by atoms with van der Waals surface area (Å²) in [5.74, 6) is -8.29. The highest BCUT2D eigenvalue weighted by atomic mass is 19.4. The summed E-state index contributed by atoms with van der Waals surface area (Å²) in [6, 6.07) is 6.78. The number of alkyl halides is 3. The predicted octanol–water partition coefficient (Wildman–Crippen LogP) is 2.77. The molecule has 16 nitrogen and oxygen atoms in total. The Bertz CT molecular complexity index is 1940. The zero-order valence-corrected chi connectivity index (χ0v) is 26.8. The van der Waals surface area contributed by atoms with Gasteiger partial charge in [0, 0.05) is 30.6 Å². The molecule has 2 aliphatic heterocycles. The van der Waals surface area contributed by atoms with Gasteiger partial charge in [0.05, 0.1) is 24.9 Å². The van der Waals surface area contributed by atoms with Crippen molar-refractivity contribution in [3.63, 3.8) is 0 Å². The molecule has 52 heavy (non-hydrogen) atoms. The third kappa shape index (κ3) is 8.42. The van der Waals surface area contributed by atoms with Gasteiger partial charge in [-0.2, -0.15) is 13.2 Å². The minimum atomic E-state index is -5.08. The highest BCUT2D eigenvalue weighted by Crippen LogP contribution is 2.30. The van der Waals surface area contributed by atoms with E-state index in [1.54, 1.807) is 6.92 Å². The number of rotatable bonds is 9. The zero-order valence-electron chi connectivity index (χ0n) is 26.8. The minimum absolute atomic E-state index is 0.0128. The second-order valence-electron chi connectivity index (χ2n) is 11.1. The maximum absolute atomic E-state index is 14.1. The van der Waals surface area contributed by atoms with Gasteiger partial charge in [-0.1, -0.05) is 12.1 Å². The number of halogens is 5. The molecule has 3 N–H and O–H groups in total. The normalized spacial score (nSPS) is 17.4. The second-order valence-corrected chi connectivity index (χ2v) is 11.1. The van der Waals surface area contributed by atoms with E-state index in [1.807, 2.05) is 0 Å². The molecule has 1 fully saturated rings. The molecular formula is C31H27F5N4O12. The number of nitrogens with one attached hydrogen (secondary N) is 1. The first kappa shape index (κ1) is 38.7. The van der Waals surface area contributed by atoms with Gasteiger partial charge in [-0.15, -0.1) is 0 Å². The number of carbonyl (C=O) groups excluding carboxylic acids is 3. The van der Waals surface area contributed by atoms with E-state index in [4.69, 9.17) is 28.8 Å². The molecule has 0 saturated carbocycles. The van der Waals surface area contributed by atoms with Gasteiger partial charge in [0.1, 0.15) is 17.2 Å². The van der Waals surface area contributed by atoms with E-state index in [0.717, 1.165) is 25.3 Å². The van der Waals surface area contributed by atoms with Crippen LogP contribution in [0.4, 0.5) is 26.7 Å². The molecule has 3 aromatic rings. The number of carbonyl (C=O) groups is 5. The van der Waals surface area contributed by atoms with Gasteiger partial charge in [-0.3, -0.25) is 19.4 Å². The van der Waals surface area contributed by atoms with Crippen molar-refractivity contribution < 1.29 is 75.1 Å². The summed E-state index contributed by atoms with van der Waals surface area (Å²) >= 11 is 0. The number of amides is 2. The van der Waals surface area contributed by atoms with Gasteiger partial charge in [-0.05, 0) is 32.0 Å². The number of benzene rings is 1. The van der Waals surface area contributed by atoms with E-state index in [-0.39, 0.29) is 36.1 Å². The molecule has 2 aromatic heterocycles. The Kier molecular flexibility index (Phi) is 11.5. The molecule has 2 amide bonds. The summed E-state index contributed by atoms with van der Waals surface area (Å²) in [5.41, 5.74) is -4.21. The maximum Gasteiger partial charge on any atom is 0.512 e. The third-order valence-electron chi connectivity index (χ3n) is 7.51. The van der Waals surface area contributed by atoms with Crippen LogP contribution < -0.4 is 15.5 Å². The van der Waals surface area contributed by atoms with Crippen molar-refractivity contribution in [3.05, 3.63) is 93.2 Å². The summed E-state index contributed by atoms with van der Waals surface area (Å²) in [4.78, 5) is 78.7. The Morgan fingerprint density at radius 1 is 1.08 bits per heavy atom. The van der Waals surface area contributed by atoms with Crippen LogP contribution in [0, 0.1) is 11.6 Å². The molecule has 21 heteroatoms. The van der Waals surface area contributed by atoms with Crippen LogP contribution >= 0.6 is 0 Å². The number of aromatic nitrogens is 2. The number of carboxylic acid groups (broad SMARTS) is 2. The Balaban J connectivity index is 0.000000785. The van der Waals surface area contributed by atoms with Gasteiger partial charge < -0.3 is 43.9 Å². The lowest BCUT2D eigenvalue weighted by atomic mass is 10.0. The molecule has 278 valence electrons. The van der Waals surface area contributed by atoms with E-state index < -0.39 is 89.6 Å². The highest BCUT2D eigenvalue weighted by molar-refractivity contribution is 5.99. The summed E-state index contributed by atoms with van der Waals surface area (Å²) in [6.45, 7) is 1.63. The molecule has 1 saturated heterocycles. The number of hydrogen-bond acceptors (Lipinski definition) is 11. The summed E-state index contributed by atoms with van der Waals surface area (Å²) in [7, 11) is 0. The summed E-state index contributed by atoms with van der Waals surface area (Å²) in [6.07, 6.45) is -4.85. The maximum atomic E-state index is 14.1. The predicted molar refractivity (Wildman–Crippen MR) is 160 cm³/mol. The van der Waals surface area contributed by atoms with Crippen LogP contribution in [-0.4, -0.2) is 86.4 Å². The molecule has 3 atom stereocenters. The van der Waals surface area contributed by atoms with Crippen molar-refractivity contribution in [1.82, 2.24) is 19.8 Å². The minimum Gasteiger partial charge on any atom is -0.478 e. The molecule has 0 bridgehead atoms. The fourth-order valence-corrected chi connectivity index (χ4v) is 4.87. The number of pyridine rings is 2. The number of hydrogen-bond donors (Lipinski definition) is 3. The number of nitrogens with zero attached hydrogens (tertiary/aromatic N) is 3. The van der Waals surface area contributed by atoms with Crippen molar-refractivity contribution in [3.8, 4) is 5.75 Å². The van der Waals surface area contributed by atoms with Crippen molar-refractivity contribution in [1.29, 1.82) is 0 Å². The zero-order chi connectivity index (χ0) is 38.5. The van der Waals surface area contributed by atoms with Crippen LogP contribution in [-0.2, 0) is 42.5 Å². The van der Waals surface area contributed by atoms with E-state index in [2.05, 4.69) is 10.3 Å². The lowest BCUT2D eigenvalue weighted by molar-refractivity contribution is -0.192. The second kappa shape index (κ2) is 15.4. The molecule has 0 aliphatic carbocycles. The standard InChI is InChI=1S/C29H26F2N4O10.C2HF3O2/c1-15-13-42-21-12-34-11-18(25(37)33-10-16-6-7-17(30)9-19(16)31)23(36)24(22(34)26(38)35(15)21)43-14-44-28(41)45-29(2,27(39)40)20-5-3-4-8-32-20;3-2(4,5)1(6)7/h3-9,11,15,21H,10,12-14H2,1-2H3,(H,33,37)(H,39,40);(H,6,7)/t15-,21+,29?;/m0./s1. The SMILES string of the molecule is C[C@H]1CO[C@@H]2Cn3cc(C(=O)NCc4ccc(F)cc4F)c(=O)c(OCOC(=O)OC(C)(C(=O)O)c4ccccn4)c3C(=O)N12.O=C(O)C(F)(F)F. The van der Waals surface area contributed by atoms with Gasteiger partial charge in [-0.25, -0.2) is 23.2 Å². The number of aliphatic carboxylic acids is 2. The van der Waals surface area contributed by atoms with Crippen LogP contribution in [0.2, 0.25) is 0 Å². The monoisotopic (exact) mass is 742 g/mol. The Labute approximate surface area is 288 Å². The van der Waals surface area contributed by atoms with Crippen LogP contribution in [0.5, 0.6) is 5.75 Å². The van der Waals surface area contributed by atoms with Crippen molar-refractivity contribution in [2.45, 2.75) is 51.0 Å². The fourth-order valence-electron chi connectivity index (χ4n) is 4.87. The quantitative estimate of drug-likeness (QED) is 0.164. The third-order valence-corrected chi connectivity index (χ3v) is 7.51. The average Bonchev–Trinajstić information content (AvgIpc) is 3.45. The molecule has 5 rings (SSSR count). The van der Waals surface area contributed by atoms with Gasteiger partial charge in [0.15, 0.2) is 11.9 Å². The Hall–Kier alpha value is -6.12. The molecule has 2 aliphatic rings. The van der Waals surface area contributed by atoms with Crippen molar-refractivity contribution in [2.24, 2.45) is 0 Å². The molecular weight excluding hydrogens is 715 g/mol. The van der Waals surface area contributed by atoms with Crippen LogP contribution in [0.3, 0.4) is 0 Å². The molecule has 1 aromatic carbocycles. The van der Waals surface area contributed by atoms with E-state index >= 15 is 0 Å². The van der Waals surface area contributed by atoms with Gasteiger partial charge in [0.2, 0.25) is 18.0 Å². The topological polar surface area (TPSA) is 213 Å². The van der Waals surface area contributed by atoms with Crippen molar-refractivity contribution >= 4 is 29.9 Å². The molecule has 1 unspecified atom stereocenters. The first-order chi connectivity index (χ1) is 24.3. The smallest absolute Gasteiger partial charge is 0.478 e. The number of fused-ring (bicyclic) bond motifs is 2. The molecule has 4 heterocycles. The summed E-state index contributed by atoms with van der Waals surface area (Å²) in [5, 5.41) is 19.2. The molecule has 0 radical (unpaired) electrons. The van der Waals surface area contributed by atoms with Crippen LogP contribution in [0.1, 0.15) is 46.0 Å². The van der Waals surface area contributed by atoms with E-state index in [1.165, 1.54) is 33.9 Å². The first-order valence-corrected chi connectivity index (χ1v) is 14.7. The fraction of sp³-hybridized carbons (Fsp3) is 0.323. The van der Waals surface area contributed by atoms with Crippen LogP contribution in [0.15, 0.2) is 53.6 Å². The van der Waals surface area contributed by atoms with Gasteiger partial charge >= 0.3 is 24.3 Å². The largest absolute Gasteiger partial charge is 0.512 e. The number of carboxylic acids is 2. The first-order valence-electron chi connectivity index (χ1n) is 14.7. The van der Waals surface area contributed by atoms with E-state index in [9.17, 15) is 51.0 Å². The van der Waals surface area contributed by atoms with Gasteiger partial charge in [0.25, 0.3) is 17.4 Å². The molecule has 0 spiro atoms. The lowest BCUT2D eigenvalue weighted by Gasteiger charge is -2.34. The average molecular weight is 743 g/mol. The Morgan fingerprint density at radius 2 is 1.77 bits per heavy atom. The highest BCUT2D eigenvalue weighted by Gasteiger charge is 2.44. The van der Waals surface area contributed by atoms with Crippen LogP contribution in [0.25, 0.3) is 0 Å². The number of ether oxygens (including phenoxy) is 4. The van der Waals surface area contributed by atoms with E-state index in [0.29, 0.717) is 6.07 Å². The Morgan fingerprint density at radius 3 is 2.37 bits per heavy atom. The lowest BCUT2D eigenvalue weighted by Crippen LogP contribution is -2.49.